The van der Waals surface area contributed by atoms with Crippen molar-refractivity contribution in [2.45, 2.75) is 26.9 Å². The summed E-state index contributed by atoms with van der Waals surface area (Å²) in [6.45, 7) is 5.95. The molecule has 0 fully saturated rings. The summed E-state index contributed by atoms with van der Waals surface area (Å²) in [5, 5.41) is 7.45. The minimum absolute atomic E-state index is 0.588. The third-order valence-electron chi connectivity index (χ3n) is 2.86. The SMILES string of the molecule is CNCc1ccccc1OCCn1nc(C)nc1C. The minimum atomic E-state index is 0.588. The molecule has 0 spiro atoms. The Morgan fingerprint density at radius 2 is 2.05 bits per heavy atom. The molecule has 0 atom stereocenters. The Morgan fingerprint density at radius 3 is 2.74 bits per heavy atom. The second-order valence-electron chi connectivity index (χ2n) is 4.42. The normalized spacial score (nSPS) is 10.7. The van der Waals surface area contributed by atoms with Crippen LogP contribution in [-0.4, -0.2) is 28.4 Å². The summed E-state index contributed by atoms with van der Waals surface area (Å²) in [6, 6.07) is 8.06. The molecule has 102 valence electrons. The van der Waals surface area contributed by atoms with Crippen molar-refractivity contribution in [1.82, 2.24) is 20.1 Å². The van der Waals surface area contributed by atoms with Crippen LogP contribution in [0.25, 0.3) is 0 Å². The standard InChI is InChI=1S/C14H20N4O/c1-11-16-12(2)18(17-11)8-9-19-14-7-5-4-6-13(14)10-15-3/h4-7,15H,8-10H2,1-3H3. The summed E-state index contributed by atoms with van der Waals surface area (Å²) in [4.78, 5) is 4.27. The second kappa shape index (κ2) is 6.33. The first kappa shape index (κ1) is 13.5. The van der Waals surface area contributed by atoms with Gasteiger partial charge in [-0.25, -0.2) is 9.67 Å². The molecule has 2 aromatic rings. The summed E-state index contributed by atoms with van der Waals surface area (Å²) in [7, 11) is 1.93. The van der Waals surface area contributed by atoms with Gasteiger partial charge in [0.25, 0.3) is 0 Å². The van der Waals surface area contributed by atoms with Crippen molar-refractivity contribution in [3.8, 4) is 5.75 Å². The number of nitrogens with one attached hydrogen (secondary N) is 1. The molecule has 0 aliphatic rings. The topological polar surface area (TPSA) is 52.0 Å². The second-order valence-corrected chi connectivity index (χ2v) is 4.42. The Hall–Kier alpha value is -1.88. The van der Waals surface area contributed by atoms with Crippen molar-refractivity contribution in [2.75, 3.05) is 13.7 Å². The van der Waals surface area contributed by atoms with Crippen LogP contribution in [0.2, 0.25) is 0 Å². The van der Waals surface area contributed by atoms with Crippen LogP contribution in [0.5, 0.6) is 5.75 Å². The maximum absolute atomic E-state index is 5.83. The Morgan fingerprint density at radius 1 is 1.26 bits per heavy atom. The van der Waals surface area contributed by atoms with Crippen LogP contribution >= 0.6 is 0 Å². The number of hydrogen-bond acceptors (Lipinski definition) is 4. The number of nitrogens with zero attached hydrogens (tertiary/aromatic N) is 3. The lowest BCUT2D eigenvalue weighted by molar-refractivity contribution is 0.286. The number of rotatable bonds is 6. The van der Waals surface area contributed by atoms with Gasteiger partial charge in [0.15, 0.2) is 0 Å². The van der Waals surface area contributed by atoms with Crippen LogP contribution in [0.15, 0.2) is 24.3 Å². The Labute approximate surface area is 113 Å². The molecule has 1 aromatic carbocycles. The van der Waals surface area contributed by atoms with Crippen molar-refractivity contribution >= 4 is 0 Å². The molecule has 5 nitrogen and oxygen atoms in total. The average Bonchev–Trinajstić information content (AvgIpc) is 2.70. The van der Waals surface area contributed by atoms with Crippen LogP contribution in [0.3, 0.4) is 0 Å². The highest BCUT2D eigenvalue weighted by atomic mass is 16.5. The Kier molecular flexibility index (Phi) is 4.52. The van der Waals surface area contributed by atoms with Crippen molar-refractivity contribution in [1.29, 1.82) is 0 Å². The van der Waals surface area contributed by atoms with E-state index in [1.54, 1.807) is 0 Å². The summed E-state index contributed by atoms with van der Waals surface area (Å²) < 4.78 is 7.70. The van der Waals surface area contributed by atoms with E-state index in [1.807, 2.05) is 43.8 Å². The van der Waals surface area contributed by atoms with Gasteiger partial charge in [0.2, 0.25) is 0 Å². The first-order valence-electron chi connectivity index (χ1n) is 6.44. The van der Waals surface area contributed by atoms with Crippen LogP contribution in [0.1, 0.15) is 17.2 Å². The van der Waals surface area contributed by atoms with Gasteiger partial charge >= 0.3 is 0 Å². The molecule has 0 unspecified atom stereocenters. The molecule has 5 heteroatoms. The van der Waals surface area contributed by atoms with E-state index >= 15 is 0 Å². The zero-order chi connectivity index (χ0) is 13.7. The molecular weight excluding hydrogens is 240 g/mol. The number of hydrogen-bond donors (Lipinski definition) is 1. The van der Waals surface area contributed by atoms with Crippen molar-refractivity contribution < 1.29 is 4.74 Å². The van der Waals surface area contributed by atoms with E-state index in [0.29, 0.717) is 13.2 Å². The highest BCUT2D eigenvalue weighted by molar-refractivity contribution is 5.33. The zero-order valence-corrected chi connectivity index (χ0v) is 11.7. The van der Waals surface area contributed by atoms with Gasteiger partial charge in [-0.15, -0.1) is 0 Å². The van der Waals surface area contributed by atoms with E-state index in [1.165, 1.54) is 0 Å². The number of aromatic nitrogens is 3. The maximum atomic E-state index is 5.83. The van der Waals surface area contributed by atoms with E-state index in [0.717, 1.165) is 29.5 Å². The van der Waals surface area contributed by atoms with Gasteiger partial charge in [0.1, 0.15) is 24.0 Å². The molecule has 1 heterocycles. The van der Waals surface area contributed by atoms with Crippen LogP contribution in [0.4, 0.5) is 0 Å². The average molecular weight is 260 g/mol. The smallest absolute Gasteiger partial charge is 0.147 e. The van der Waals surface area contributed by atoms with Crippen LogP contribution in [-0.2, 0) is 13.1 Å². The van der Waals surface area contributed by atoms with Gasteiger partial charge < -0.3 is 10.1 Å². The molecule has 0 bridgehead atoms. The Balaban J connectivity index is 1.94. The van der Waals surface area contributed by atoms with Gasteiger partial charge in [-0.05, 0) is 27.0 Å². The number of aryl methyl sites for hydroxylation is 2. The Bertz CT molecular complexity index is 536. The fourth-order valence-corrected chi connectivity index (χ4v) is 2.00. The van der Waals surface area contributed by atoms with E-state index in [4.69, 9.17) is 4.74 Å². The quantitative estimate of drug-likeness (QED) is 0.859. The van der Waals surface area contributed by atoms with Gasteiger partial charge in [-0.1, -0.05) is 18.2 Å². The first-order valence-corrected chi connectivity index (χ1v) is 6.44. The molecule has 0 radical (unpaired) electrons. The predicted molar refractivity (Wildman–Crippen MR) is 74.2 cm³/mol. The molecule has 0 aliphatic carbocycles. The molecule has 0 saturated heterocycles. The number of benzene rings is 1. The van der Waals surface area contributed by atoms with Gasteiger partial charge in [0.05, 0.1) is 6.54 Å². The van der Waals surface area contributed by atoms with Crippen LogP contribution < -0.4 is 10.1 Å². The zero-order valence-electron chi connectivity index (χ0n) is 11.7. The molecule has 0 amide bonds. The summed E-state index contributed by atoms with van der Waals surface area (Å²) >= 11 is 0. The number of ether oxygens (including phenoxy) is 1. The highest BCUT2D eigenvalue weighted by Gasteiger charge is 2.04. The lowest BCUT2D eigenvalue weighted by Crippen LogP contribution is -2.13. The van der Waals surface area contributed by atoms with E-state index in [2.05, 4.69) is 21.5 Å². The van der Waals surface area contributed by atoms with E-state index in [-0.39, 0.29) is 0 Å². The summed E-state index contributed by atoms with van der Waals surface area (Å²) in [6.07, 6.45) is 0. The molecule has 0 saturated carbocycles. The van der Waals surface area contributed by atoms with Crippen molar-refractivity contribution in [2.24, 2.45) is 0 Å². The van der Waals surface area contributed by atoms with Gasteiger partial charge in [0, 0.05) is 12.1 Å². The largest absolute Gasteiger partial charge is 0.491 e. The number of para-hydroxylation sites is 1. The van der Waals surface area contributed by atoms with E-state index < -0.39 is 0 Å². The summed E-state index contributed by atoms with van der Waals surface area (Å²) in [5.74, 6) is 2.64. The molecule has 19 heavy (non-hydrogen) atoms. The van der Waals surface area contributed by atoms with Gasteiger partial charge in [-0.3, -0.25) is 0 Å². The molecule has 1 N–H and O–H groups in total. The molecule has 0 aliphatic heterocycles. The molecular formula is C14H20N4O. The highest BCUT2D eigenvalue weighted by Crippen LogP contribution is 2.17. The van der Waals surface area contributed by atoms with E-state index in [9.17, 15) is 0 Å². The maximum Gasteiger partial charge on any atom is 0.147 e. The molecule has 2 rings (SSSR count). The lowest BCUT2D eigenvalue weighted by Gasteiger charge is -2.11. The third-order valence-corrected chi connectivity index (χ3v) is 2.86. The first-order chi connectivity index (χ1) is 9.20. The molecule has 1 aromatic heterocycles. The van der Waals surface area contributed by atoms with Crippen LogP contribution in [0, 0.1) is 13.8 Å². The third kappa shape index (κ3) is 3.54. The lowest BCUT2D eigenvalue weighted by atomic mass is 10.2. The monoisotopic (exact) mass is 260 g/mol. The van der Waals surface area contributed by atoms with Gasteiger partial charge in [-0.2, -0.15) is 5.10 Å². The summed E-state index contributed by atoms with van der Waals surface area (Å²) in [5.41, 5.74) is 1.16. The fraction of sp³-hybridized carbons (Fsp3) is 0.429. The van der Waals surface area contributed by atoms with Crippen molar-refractivity contribution in [3.05, 3.63) is 41.5 Å². The minimum Gasteiger partial charge on any atom is -0.491 e. The predicted octanol–water partition coefficient (Wildman–Crippen LogP) is 1.69. The fourth-order valence-electron chi connectivity index (χ4n) is 2.00. The van der Waals surface area contributed by atoms with Crippen molar-refractivity contribution in [3.63, 3.8) is 0 Å².